The Hall–Kier alpha value is -1.23. The predicted molar refractivity (Wildman–Crippen MR) is 63.5 cm³/mol. The molecule has 0 heterocycles. The smallest absolute Gasteiger partial charge is 0.389 e. The van der Waals surface area contributed by atoms with Crippen LogP contribution < -0.4 is 4.90 Å². The fourth-order valence-electron chi connectivity index (χ4n) is 1.95. The van der Waals surface area contributed by atoms with Gasteiger partial charge in [0, 0.05) is 11.7 Å². The Bertz CT molecular complexity index is 396. The first-order valence-corrected chi connectivity index (χ1v) is 5.98. The number of benzene rings is 1. The van der Waals surface area contributed by atoms with E-state index in [1.54, 1.807) is 31.2 Å². The third-order valence-electron chi connectivity index (χ3n) is 3.04. The summed E-state index contributed by atoms with van der Waals surface area (Å²) in [6.45, 7) is 0.717. The van der Waals surface area contributed by atoms with Crippen LogP contribution in [-0.4, -0.2) is 23.9 Å². The number of halogens is 3. The minimum Gasteiger partial charge on any atom is -0.389 e. The van der Waals surface area contributed by atoms with Gasteiger partial charge in [-0.2, -0.15) is 13.2 Å². The van der Waals surface area contributed by atoms with E-state index < -0.39 is 18.8 Å². The Morgan fingerprint density at radius 1 is 1.28 bits per heavy atom. The highest BCUT2D eigenvalue weighted by atomic mass is 19.4. The van der Waals surface area contributed by atoms with Crippen molar-refractivity contribution in [2.24, 2.45) is 0 Å². The number of hydrogen-bond acceptors (Lipinski definition) is 2. The largest absolute Gasteiger partial charge is 0.405 e. The number of aliphatic hydroxyl groups is 1. The van der Waals surface area contributed by atoms with Crippen molar-refractivity contribution in [3.63, 3.8) is 0 Å². The molecular formula is C13H16F3NO. The lowest BCUT2D eigenvalue weighted by Gasteiger charge is -2.26. The molecule has 1 saturated carbocycles. The number of hydrogen-bond donors (Lipinski definition) is 1. The lowest BCUT2D eigenvalue weighted by Crippen LogP contribution is -2.35. The van der Waals surface area contributed by atoms with Gasteiger partial charge in [0.05, 0.1) is 6.10 Å². The van der Waals surface area contributed by atoms with E-state index in [2.05, 4.69) is 0 Å². The number of anilines is 1. The predicted octanol–water partition coefficient (Wildman–Crippen LogP) is 3.27. The van der Waals surface area contributed by atoms with Gasteiger partial charge in [0.2, 0.25) is 0 Å². The third-order valence-corrected chi connectivity index (χ3v) is 3.04. The van der Waals surface area contributed by atoms with Crippen molar-refractivity contribution in [2.45, 2.75) is 38.1 Å². The van der Waals surface area contributed by atoms with Crippen molar-refractivity contribution >= 4 is 5.69 Å². The van der Waals surface area contributed by atoms with Gasteiger partial charge in [-0.3, -0.25) is 0 Å². The summed E-state index contributed by atoms with van der Waals surface area (Å²) in [4.78, 5) is 1.39. The van der Waals surface area contributed by atoms with Crippen LogP contribution in [-0.2, 0) is 0 Å². The summed E-state index contributed by atoms with van der Waals surface area (Å²) in [5.74, 6) is 0. The summed E-state index contributed by atoms with van der Waals surface area (Å²) in [5, 5.41) is 9.37. The van der Waals surface area contributed by atoms with Crippen molar-refractivity contribution in [1.29, 1.82) is 0 Å². The number of rotatable bonds is 4. The molecule has 0 aliphatic heterocycles. The van der Waals surface area contributed by atoms with E-state index in [-0.39, 0.29) is 6.04 Å². The normalized spacial score (nSPS) is 17.6. The SMILES string of the molecule is CC(O)c1ccc(N(CC(F)(F)F)C2CC2)cc1. The second-order valence-corrected chi connectivity index (χ2v) is 4.74. The van der Waals surface area contributed by atoms with Crippen LogP contribution in [0.2, 0.25) is 0 Å². The van der Waals surface area contributed by atoms with Gasteiger partial charge in [0.25, 0.3) is 0 Å². The molecule has 1 atom stereocenters. The molecule has 1 aromatic rings. The van der Waals surface area contributed by atoms with Crippen molar-refractivity contribution in [2.75, 3.05) is 11.4 Å². The van der Waals surface area contributed by atoms with Crippen LogP contribution in [0.5, 0.6) is 0 Å². The van der Waals surface area contributed by atoms with Gasteiger partial charge in [0.1, 0.15) is 6.54 Å². The molecule has 1 fully saturated rings. The minimum atomic E-state index is -4.19. The standard InChI is InChI=1S/C13H16F3NO/c1-9(18)10-2-4-11(5-3-10)17(12-6-7-12)8-13(14,15)16/h2-5,9,12,18H,6-8H2,1H3. The minimum absolute atomic E-state index is 0.00373. The van der Waals surface area contributed by atoms with E-state index in [9.17, 15) is 18.3 Å². The molecule has 5 heteroatoms. The molecule has 1 aliphatic carbocycles. The van der Waals surface area contributed by atoms with E-state index in [0.29, 0.717) is 11.3 Å². The van der Waals surface area contributed by atoms with Crippen LogP contribution in [0.3, 0.4) is 0 Å². The Morgan fingerprint density at radius 2 is 1.83 bits per heavy atom. The Labute approximate surface area is 104 Å². The van der Waals surface area contributed by atoms with E-state index in [1.807, 2.05) is 0 Å². The van der Waals surface area contributed by atoms with Crippen LogP contribution in [0.25, 0.3) is 0 Å². The summed E-state index contributed by atoms with van der Waals surface area (Å²) in [6, 6.07) is 6.64. The summed E-state index contributed by atoms with van der Waals surface area (Å²) in [5.41, 5.74) is 1.28. The third kappa shape index (κ3) is 3.38. The molecule has 0 amide bonds. The van der Waals surface area contributed by atoms with Gasteiger partial charge in [-0.1, -0.05) is 12.1 Å². The molecule has 1 unspecified atom stereocenters. The fourth-order valence-corrected chi connectivity index (χ4v) is 1.95. The zero-order chi connectivity index (χ0) is 13.3. The van der Waals surface area contributed by atoms with Crippen molar-refractivity contribution in [1.82, 2.24) is 0 Å². The second-order valence-electron chi connectivity index (χ2n) is 4.74. The topological polar surface area (TPSA) is 23.5 Å². The molecule has 1 N–H and O–H groups in total. The monoisotopic (exact) mass is 259 g/mol. The first kappa shape index (κ1) is 13.2. The molecule has 2 rings (SSSR count). The molecule has 0 spiro atoms. The molecule has 1 aromatic carbocycles. The van der Waals surface area contributed by atoms with Crippen molar-refractivity contribution in [3.05, 3.63) is 29.8 Å². The molecule has 18 heavy (non-hydrogen) atoms. The fraction of sp³-hybridized carbons (Fsp3) is 0.538. The second kappa shape index (κ2) is 4.80. The zero-order valence-electron chi connectivity index (χ0n) is 10.1. The first-order chi connectivity index (χ1) is 8.37. The summed E-state index contributed by atoms with van der Waals surface area (Å²) < 4.78 is 37.5. The number of nitrogens with zero attached hydrogens (tertiary/aromatic N) is 1. The lowest BCUT2D eigenvalue weighted by molar-refractivity contribution is -0.120. The van der Waals surface area contributed by atoms with Crippen LogP contribution in [0.1, 0.15) is 31.4 Å². The number of alkyl halides is 3. The molecule has 0 bridgehead atoms. The van der Waals surface area contributed by atoms with E-state index >= 15 is 0 Å². The van der Waals surface area contributed by atoms with Crippen LogP contribution >= 0.6 is 0 Å². The lowest BCUT2D eigenvalue weighted by atomic mass is 10.1. The summed E-state index contributed by atoms with van der Waals surface area (Å²) >= 11 is 0. The first-order valence-electron chi connectivity index (χ1n) is 5.98. The molecule has 0 saturated heterocycles. The molecule has 0 aromatic heterocycles. The van der Waals surface area contributed by atoms with Gasteiger partial charge in [-0.05, 0) is 37.5 Å². The molecule has 2 nitrogen and oxygen atoms in total. The van der Waals surface area contributed by atoms with Gasteiger partial charge < -0.3 is 10.0 Å². The van der Waals surface area contributed by atoms with Gasteiger partial charge in [-0.15, -0.1) is 0 Å². The van der Waals surface area contributed by atoms with E-state index in [0.717, 1.165) is 12.8 Å². The highest BCUT2D eigenvalue weighted by molar-refractivity contribution is 5.50. The van der Waals surface area contributed by atoms with E-state index in [1.165, 1.54) is 4.90 Å². The maximum Gasteiger partial charge on any atom is 0.405 e. The molecule has 100 valence electrons. The molecule has 0 radical (unpaired) electrons. The summed E-state index contributed by atoms with van der Waals surface area (Å²) in [7, 11) is 0. The van der Waals surface area contributed by atoms with Gasteiger partial charge >= 0.3 is 6.18 Å². The van der Waals surface area contributed by atoms with Crippen LogP contribution in [0, 0.1) is 0 Å². The maximum absolute atomic E-state index is 12.5. The van der Waals surface area contributed by atoms with Crippen molar-refractivity contribution < 1.29 is 18.3 Å². The van der Waals surface area contributed by atoms with Gasteiger partial charge in [0.15, 0.2) is 0 Å². The Morgan fingerprint density at radius 3 is 2.22 bits per heavy atom. The van der Waals surface area contributed by atoms with Crippen molar-refractivity contribution in [3.8, 4) is 0 Å². The highest BCUT2D eigenvalue weighted by Crippen LogP contribution is 2.34. The average molecular weight is 259 g/mol. The maximum atomic E-state index is 12.5. The van der Waals surface area contributed by atoms with Crippen LogP contribution in [0.15, 0.2) is 24.3 Å². The highest BCUT2D eigenvalue weighted by Gasteiger charge is 2.38. The Balaban J connectivity index is 2.15. The van der Waals surface area contributed by atoms with Crippen LogP contribution in [0.4, 0.5) is 18.9 Å². The molecule has 1 aliphatic rings. The van der Waals surface area contributed by atoms with Gasteiger partial charge in [-0.25, -0.2) is 0 Å². The number of aliphatic hydroxyl groups excluding tert-OH is 1. The zero-order valence-corrected chi connectivity index (χ0v) is 10.1. The average Bonchev–Trinajstić information content (AvgIpc) is 3.08. The quantitative estimate of drug-likeness (QED) is 0.897. The van der Waals surface area contributed by atoms with E-state index in [4.69, 9.17) is 0 Å². The molecular weight excluding hydrogens is 243 g/mol. The summed E-state index contributed by atoms with van der Waals surface area (Å²) in [6.07, 6.45) is -3.16. The Kier molecular flexibility index (Phi) is 3.52.